The molecule has 2 heterocycles. The molecule has 6 nitrogen and oxygen atoms in total. The van der Waals surface area contributed by atoms with Crippen LogP contribution >= 0.6 is 0 Å². The molecular weight excluding hydrogens is 360 g/mol. The highest BCUT2D eigenvalue weighted by Crippen LogP contribution is 2.25. The van der Waals surface area contributed by atoms with Gasteiger partial charge in [0.2, 0.25) is 5.95 Å². The van der Waals surface area contributed by atoms with Crippen LogP contribution in [0.1, 0.15) is 5.56 Å². The molecule has 0 atom stereocenters. The molecule has 4 aromatic rings. The summed E-state index contributed by atoms with van der Waals surface area (Å²) in [4.78, 5) is 4.80. The Morgan fingerprint density at radius 3 is 2.52 bits per heavy atom. The van der Waals surface area contributed by atoms with Gasteiger partial charge in [0.05, 0.1) is 10.6 Å². The summed E-state index contributed by atoms with van der Waals surface area (Å²) >= 11 is 0. The molecule has 136 valence electrons. The number of nitrogens with one attached hydrogen (secondary N) is 1. The summed E-state index contributed by atoms with van der Waals surface area (Å²) in [6.07, 6.45) is 1.20. The summed E-state index contributed by atoms with van der Waals surface area (Å²) in [5.41, 5.74) is 4.24. The van der Waals surface area contributed by atoms with Crippen LogP contribution < -0.4 is 5.32 Å². The minimum Gasteiger partial charge on any atom is -0.323 e. The topological polar surface area (TPSA) is 76.4 Å². The molecule has 0 amide bonds. The first-order chi connectivity index (χ1) is 12.9. The fraction of sp³-hybridized carbons (Fsp3) is 0.100. The first kappa shape index (κ1) is 17.2. The van der Waals surface area contributed by atoms with Crippen LogP contribution in [0.2, 0.25) is 0 Å². The first-order valence-electron chi connectivity index (χ1n) is 8.41. The molecule has 27 heavy (non-hydrogen) atoms. The van der Waals surface area contributed by atoms with Gasteiger partial charge in [-0.1, -0.05) is 36.4 Å². The van der Waals surface area contributed by atoms with E-state index < -0.39 is 9.84 Å². The predicted octanol–water partition coefficient (Wildman–Crippen LogP) is 3.85. The van der Waals surface area contributed by atoms with Crippen LogP contribution in [-0.4, -0.2) is 29.3 Å². The highest BCUT2D eigenvalue weighted by Gasteiger charge is 2.12. The minimum absolute atomic E-state index is 0.273. The molecule has 0 fully saturated rings. The quantitative estimate of drug-likeness (QED) is 0.584. The van der Waals surface area contributed by atoms with E-state index in [1.54, 1.807) is 22.7 Å². The summed E-state index contributed by atoms with van der Waals surface area (Å²) in [6.45, 7) is 2.01. The van der Waals surface area contributed by atoms with Crippen molar-refractivity contribution in [3.05, 3.63) is 72.3 Å². The van der Waals surface area contributed by atoms with E-state index >= 15 is 0 Å². The van der Waals surface area contributed by atoms with Crippen LogP contribution in [0.25, 0.3) is 16.9 Å². The SMILES string of the molecule is Cc1ccccc1Nc1nc2cccc(-c3cccc(S(C)(=O)=O)c3)n2n1. The minimum atomic E-state index is -3.28. The van der Waals surface area contributed by atoms with Crippen molar-refractivity contribution in [1.29, 1.82) is 0 Å². The number of hydrogen-bond acceptors (Lipinski definition) is 5. The van der Waals surface area contributed by atoms with Gasteiger partial charge >= 0.3 is 0 Å². The summed E-state index contributed by atoms with van der Waals surface area (Å²) in [5.74, 6) is 0.482. The summed E-state index contributed by atoms with van der Waals surface area (Å²) in [6, 6.07) is 20.4. The molecule has 0 saturated carbocycles. The van der Waals surface area contributed by atoms with Crippen molar-refractivity contribution in [2.24, 2.45) is 0 Å². The number of benzene rings is 2. The van der Waals surface area contributed by atoms with Crippen molar-refractivity contribution < 1.29 is 8.42 Å². The van der Waals surface area contributed by atoms with E-state index in [0.717, 1.165) is 22.5 Å². The summed E-state index contributed by atoms with van der Waals surface area (Å²) < 4.78 is 25.5. The number of rotatable bonds is 4. The molecule has 0 saturated heterocycles. The number of nitrogens with zero attached hydrogens (tertiary/aromatic N) is 3. The average molecular weight is 378 g/mol. The lowest BCUT2D eigenvalue weighted by Gasteiger charge is -2.06. The summed E-state index contributed by atoms with van der Waals surface area (Å²) in [7, 11) is -3.28. The highest BCUT2D eigenvalue weighted by molar-refractivity contribution is 7.90. The second kappa shape index (κ2) is 6.51. The van der Waals surface area contributed by atoms with Gasteiger partial charge in [-0.2, -0.15) is 4.98 Å². The highest BCUT2D eigenvalue weighted by atomic mass is 32.2. The number of pyridine rings is 1. The predicted molar refractivity (Wildman–Crippen MR) is 106 cm³/mol. The summed E-state index contributed by atoms with van der Waals surface area (Å²) in [5, 5.41) is 7.80. The number of para-hydroxylation sites is 1. The van der Waals surface area contributed by atoms with Crippen LogP contribution in [0.5, 0.6) is 0 Å². The largest absolute Gasteiger partial charge is 0.323 e. The fourth-order valence-corrected chi connectivity index (χ4v) is 3.56. The van der Waals surface area contributed by atoms with Gasteiger partial charge in [-0.3, -0.25) is 0 Å². The molecule has 0 unspecified atom stereocenters. The van der Waals surface area contributed by atoms with Gasteiger partial charge in [0.15, 0.2) is 15.5 Å². The van der Waals surface area contributed by atoms with E-state index in [9.17, 15) is 8.42 Å². The van der Waals surface area contributed by atoms with Crippen LogP contribution in [0.15, 0.2) is 71.6 Å². The van der Waals surface area contributed by atoms with Gasteiger partial charge in [0, 0.05) is 17.5 Å². The third-order valence-electron chi connectivity index (χ3n) is 4.31. The zero-order valence-corrected chi connectivity index (χ0v) is 15.7. The Morgan fingerprint density at radius 1 is 0.963 bits per heavy atom. The van der Waals surface area contributed by atoms with Crippen LogP contribution in [0.4, 0.5) is 11.6 Å². The number of fused-ring (bicyclic) bond motifs is 1. The molecular formula is C20H18N4O2S. The smallest absolute Gasteiger partial charge is 0.247 e. The number of aromatic nitrogens is 3. The van der Waals surface area contributed by atoms with E-state index in [-0.39, 0.29) is 4.90 Å². The Bertz CT molecular complexity index is 1250. The van der Waals surface area contributed by atoms with E-state index in [1.165, 1.54) is 6.26 Å². The molecule has 0 spiro atoms. The fourth-order valence-electron chi connectivity index (χ4n) is 2.90. The molecule has 0 radical (unpaired) electrons. The van der Waals surface area contributed by atoms with Crippen molar-refractivity contribution in [1.82, 2.24) is 14.6 Å². The van der Waals surface area contributed by atoms with E-state index in [4.69, 9.17) is 0 Å². The van der Waals surface area contributed by atoms with E-state index in [2.05, 4.69) is 15.4 Å². The normalized spacial score (nSPS) is 11.6. The molecule has 0 aliphatic rings. The maximum atomic E-state index is 11.9. The molecule has 4 rings (SSSR count). The Balaban J connectivity index is 1.79. The van der Waals surface area contributed by atoms with Crippen molar-refractivity contribution in [3.63, 3.8) is 0 Å². The van der Waals surface area contributed by atoms with Gasteiger partial charge in [0.25, 0.3) is 0 Å². The van der Waals surface area contributed by atoms with Crippen LogP contribution in [0.3, 0.4) is 0 Å². The first-order valence-corrected chi connectivity index (χ1v) is 10.3. The lowest BCUT2D eigenvalue weighted by molar-refractivity contribution is 0.602. The van der Waals surface area contributed by atoms with Crippen molar-refractivity contribution in [2.45, 2.75) is 11.8 Å². The van der Waals surface area contributed by atoms with Crippen LogP contribution in [-0.2, 0) is 9.84 Å². The number of aryl methyl sites for hydroxylation is 1. The molecule has 2 aromatic carbocycles. The average Bonchev–Trinajstić information content (AvgIpc) is 3.05. The van der Waals surface area contributed by atoms with Gasteiger partial charge in [0.1, 0.15) is 0 Å². The zero-order chi connectivity index (χ0) is 19.0. The number of sulfone groups is 1. The molecule has 0 bridgehead atoms. The Kier molecular flexibility index (Phi) is 4.16. The Morgan fingerprint density at radius 2 is 1.74 bits per heavy atom. The lowest BCUT2D eigenvalue weighted by Crippen LogP contribution is -1.99. The standard InChI is InChI=1S/C20H18N4O2S/c1-14-7-3-4-10-17(14)21-20-22-19-12-6-11-18(24(19)23-20)15-8-5-9-16(13-15)27(2,25)26/h3-13H,1-2H3,(H,21,23). The van der Waals surface area contributed by atoms with Crippen molar-refractivity contribution in [2.75, 3.05) is 11.6 Å². The van der Waals surface area contributed by atoms with Gasteiger partial charge < -0.3 is 5.32 Å². The number of anilines is 2. The number of hydrogen-bond donors (Lipinski definition) is 1. The Hall–Kier alpha value is -3.19. The zero-order valence-electron chi connectivity index (χ0n) is 14.9. The third kappa shape index (κ3) is 3.41. The molecule has 2 aromatic heterocycles. The van der Waals surface area contributed by atoms with E-state index in [1.807, 2.05) is 55.5 Å². The maximum absolute atomic E-state index is 11.9. The Labute approximate surface area is 157 Å². The van der Waals surface area contributed by atoms with Gasteiger partial charge in [-0.15, -0.1) is 5.10 Å². The molecule has 0 aliphatic carbocycles. The second-order valence-electron chi connectivity index (χ2n) is 6.36. The monoisotopic (exact) mass is 378 g/mol. The van der Waals surface area contributed by atoms with Gasteiger partial charge in [-0.05, 0) is 42.8 Å². The molecule has 1 N–H and O–H groups in total. The second-order valence-corrected chi connectivity index (χ2v) is 8.37. The van der Waals surface area contributed by atoms with Crippen molar-refractivity contribution >= 4 is 27.1 Å². The lowest BCUT2D eigenvalue weighted by atomic mass is 10.1. The van der Waals surface area contributed by atoms with Crippen molar-refractivity contribution in [3.8, 4) is 11.3 Å². The molecule has 0 aliphatic heterocycles. The molecule has 7 heteroatoms. The maximum Gasteiger partial charge on any atom is 0.247 e. The van der Waals surface area contributed by atoms with E-state index in [0.29, 0.717) is 11.6 Å². The van der Waals surface area contributed by atoms with Gasteiger partial charge in [-0.25, -0.2) is 12.9 Å². The third-order valence-corrected chi connectivity index (χ3v) is 5.42. The van der Waals surface area contributed by atoms with Crippen LogP contribution in [0, 0.1) is 6.92 Å².